The number of amides is 2. The Hall–Kier alpha value is -2.35. The summed E-state index contributed by atoms with van der Waals surface area (Å²) in [6, 6.07) is 9.49. The van der Waals surface area contributed by atoms with Gasteiger partial charge in [-0.2, -0.15) is 0 Å². The molecule has 3 rings (SSSR count). The molecule has 0 bridgehead atoms. The van der Waals surface area contributed by atoms with E-state index >= 15 is 0 Å². The second-order valence-electron chi connectivity index (χ2n) is 8.03. The van der Waals surface area contributed by atoms with Gasteiger partial charge in [0.05, 0.1) is 6.04 Å². The van der Waals surface area contributed by atoms with Crippen molar-refractivity contribution in [3.8, 4) is 0 Å². The van der Waals surface area contributed by atoms with E-state index in [0.29, 0.717) is 54.6 Å². The zero-order valence-corrected chi connectivity index (χ0v) is 20.3. The minimum absolute atomic E-state index is 0.0585. The van der Waals surface area contributed by atoms with Crippen LogP contribution in [0.4, 0.5) is 10.1 Å². The van der Waals surface area contributed by atoms with Crippen LogP contribution < -0.4 is 10.2 Å². The van der Waals surface area contributed by atoms with Gasteiger partial charge in [0.15, 0.2) is 0 Å². The van der Waals surface area contributed by atoms with Gasteiger partial charge in [0.1, 0.15) is 12.4 Å². The third-order valence-corrected chi connectivity index (χ3v) is 6.29. The maximum atomic E-state index is 14.0. The van der Waals surface area contributed by atoms with Gasteiger partial charge in [-0.3, -0.25) is 9.59 Å². The summed E-state index contributed by atoms with van der Waals surface area (Å²) in [5.41, 5.74) is 2.44. The second-order valence-corrected chi connectivity index (χ2v) is 8.87. The van der Waals surface area contributed by atoms with Crippen molar-refractivity contribution in [2.24, 2.45) is 0 Å². The van der Waals surface area contributed by atoms with Crippen LogP contribution in [0.25, 0.3) is 0 Å². The van der Waals surface area contributed by atoms with E-state index in [2.05, 4.69) is 10.2 Å². The molecule has 0 aromatic heterocycles. The minimum Gasteiger partial charge on any atom is -0.375 e. The summed E-state index contributed by atoms with van der Waals surface area (Å²) in [4.78, 5) is 28.6. The van der Waals surface area contributed by atoms with Crippen molar-refractivity contribution in [3.63, 3.8) is 0 Å². The Morgan fingerprint density at radius 3 is 2.52 bits per heavy atom. The summed E-state index contributed by atoms with van der Waals surface area (Å²) in [6.07, 6.45) is 0.918. The average Bonchev–Trinajstić information content (AvgIpc) is 2.78. The Morgan fingerprint density at radius 2 is 1.85 bits per heavy atom. The van der Waals surface area contributed by atoms with Crippen LogP contribution in [-0.4, -0.2) is 56.6 Å². The van der Waals surface area contributed by atoms with E-state index in [1.165, 1.54) is 19.2 Å². The molecule has 1 unspecified atom stereocenters. The number of piperazine rings is 1. The highest BCUT2D eigenvalue weighted by molar-refractivity contribution is 6.35. The molecule has 9 heteroatoms. The van der Waals surface area contributed by atoms with Gasteiger partial charge in [0.2, 0.25) is 11.8 Å². The van der Waals surface area contributed by atoms with Crippen LogP contribution in [0.2, 0.25) is 10.0 Å². The van der Waals surface area contributed by atoms with E-state index in [4.69, 9.17) is 27.9 Å². The van der Waals surface area contributed by atoms with Crippen molar-refractivity contribution >= 4 is 40.7 Å². The van der Waals surface area contributed by atoms with E-state index in [9.17, 15) is 14.0 Å². The predicted octanol–water partition coefficient (Wildman–Crippen LogP) is 4.24. The number of nitrogens with zero attached hydrogens (tertiary/aromatic N) is 2. The lowest BCUT2D eigenvalue weighted by Gasteiger charge is -2.37. The molecule has 1 aliphatic rings. The lowest BCUT2D eigenvalue weighted by molar-refractivity contribution is -0.131. The maximum absolute atomic E-state index is 14.0. The van der Waals surface area contributed by atoms with Gasteiger partial charge in [-0.25, -0.2) is 4.39 Å². The number of anilines is 1. The van der Waals surface area contributed by atoms with Crippen LogP contribution in [-0.2, 0) is 20.7 Å². The normalized spacial score (nSPS) is 14.8. The third kappa shape index (κ3) is 6.82. The van der Waals surface area contributed by atoms with Gasteiger partial charge < -0.3 is 19.9 Å². The smallest absolute Gasteiger partial charge is 0.246 e. The SMILES string of the molecule is COCC(=O)NC(C)c1cc(F)ccc1N1CCN(C(=O)CCc2ccc(Cl)cc2Cl)CC1. The van der Waals surface area contributed by atoms with Gasteiger partial charge in [-0.15, -0.1) is 0 Å². The molecule has 2 aromatic rings. The molecular weight excluding hydrogens is 468 g/mol. The first-order valence-corrected chi connectivity index (χ1v) is 11.6. The molecule has 33 heavy (non-hydrogen) atoms. The predicted molar refractivity (Wildman–Crippen MR) is 128 cm³/mol. The van der Waals surface area contributed by atoms with Crippen LogP contribution in [0.3, 0.4) is 0 Å². The summed E-state index contributed by atoms with van der Waals surface area (Å²) in [6.45, 7) is 4.11. The molecule has 6 nitrogen and oxygen atoms in total. The summed E-state index contributed by atoms with van der Waals surface area (Å²) in [5, 5.41) is 3.96. The molecule has 1 saturated heterocycles. The van der Waals surface area contributed by atoms with Gasteiger partial charge in [-0.05, 0) is 49.2 Å². The zero-order valence-electron chi connectivity index (χ0n) is 18.7. The number of benzene rings is 2. The Balaban J connectivity index is 1.60. The number of hydrogen-bond donors (Lipinski definition) is 1. The molecule has 1 aliphatic heterocycles. The Kier molecular flexibility index (Phi) is 8.95. The first-order valence-electron chi connectivity index (χ1n) is 10.8. The Bertz CT molecular complexity index is 997. The lowest BCUT2D eigenvalue weighted by atomic mass is 10.0. The monoisotopic (exact) mass is 495 g/mol. The number of methoxy groups -OCH3 is 1. The maximum Gasteiger partial charge on any atom is 0.246 e. The van der Waals surface area contributed by atoms with Gasteiger partial charge in [0, 0.05) is 61.0 Å². The van der Waals surface area contributed by atoms with Crippen molar-refractivity contribution in [2.45, 2.75) is 25.8 Å². The van der Waals surface area contributed by atoms with Gasteiger partial charge in [0.25, 0.3) is 0 Å². The van der Waals surface area contributed by atoms with Gasteiger partial charge >= 0.3 is 0 Å². The first-order chi connectivity index (χ1) is 15.8. The molecule has 0 spiro atoms. The Labute approximate surface area is 203 Å². The summed E-state index contributed by atoms with van der Waals surface area (Å²) < 4.78 is 18.8. The topological polar surface area (TPSA) is 61.9 Å². The second kappa shape index (κ2) is 11.7. The highest BCUT2D eigenvalue weighted by Crippen LogP contribution is 2.29. The number of carbonyl (C=O) groups is 2. The molecule has 178 valence electrons. The van der Waals surface area contributed by atoms with E-state index in [0.717, 1.165) is 11.3 Å². The quantitative estimate of drug-likeness (QED) is 0.594. The fourth-order valence-electron chi connectivity index (χ4n) is 3.97. The zero-order chi connectivity index (χ0) is 24.0. The van der Waals surface area contributed by atoms with E-state index in [1.807, 2.05) is 17.9 Å². The standard InChI is InChI=1S/C24H28Cl2FN3O3/c1-16(28-23(31)15-33-2)20-14-19(27)6-7-22(20)29-9-11-30(12-10-29)24(32)8-4-17-3-5-18(25)13-21(17)26/h3,5-7,13-14,16H,4,8-12,15H2,1-2H3,(H,28,31). The third-order valence-electron chi connectivity index (χ3n) is 5.71. The number of rotatable bonds is 8. The first kappa shape index (κ1) is 25.3. The minimum atomic E-state index is -0.387. The number of nitrogens with one attached hydrogen (secondary N) is 1. The van der Waals surface area contributed by atoms with Crippen LogP contribution in [0.15, 0.2) is 36.4 Å². The number of carbonyl (C=O) groups excluding carboxylic acids is 2. The fraction of sp³-hybridized carbons (Fsp3) is 0.417. The van der Waals surface area contributed by atoms with E-state index in [1.54, 1.807) is 18.2 Å². The highest BCUT2D eigenvalue weighted by atomic mass is 35.5. The average molecular weight is 496 g/mol. The molecule has 2 aromatic carbocycles. The van der Waals surface area contributed by atoms with Crippen LogP contribution in [0.1, 0.15) is 30.5 Å². The molecule has 0 radical (unpaired) electrons. The van der Waals surface area contributed by atoms with Crippen molar-refractivity contribution < 1.29 is 18.7 Å². The summed E-state index contributed by atoms with van der Waals surface area (Å²) in [5.74, 6) is -0.562. The summed E-state index contributed by atoms with van der Waals surface area (Å²) in [7, 11) is 1.45. The van der Waals surface area contributed by atoms with Crippen molar-refractivity contribution in [3.05, 3.63) is 63.4 Å². The van der Waals surface area contributed by atoms with Crippen LogP contribution in [0.5, 0.6) is 0 Å². The molecule has 0 aliphatic carbocycles. The van der Waals surface area contributed by atoms with Crippen molar-refractivity contribution in [1.29, 1.82) is 0 Å². The van der Waals surface area contributed by atoms with E-state index < -0.39 is 0 Å². The molecular formula is C24H28Cl2FN3O3. The van der Waals surface area contributed by atoms with Crippen molar-refractivity contribution in [2.75, 3.05) is 44.8 Å². The molecule has 1 heterocycles. The molecule has 1 N–H and O–H groups in total. The molecule has 1 fully saturated rings. The molecule has 0 saturated carbocycles. The number of aryl methyl sites for hydroxylation is 1. The van der Waals surface area contributed by atoms with Crippen molar-refractivity contribution in [1.82, 2.24) is 10.2 Å². The lowest BCUT2D eigenvalue weighted by Crippen LogP contribution is -2.49. The molecule has 2 amide bonds. The largest absolute Gasteiger partial charge is 0.375 e. The number of halogens is 3. The van der Waals surface area contributed by atoms with Crippen LogP contribution in [0, 0.1) is 5.82 Å². The highest BCUT2D eigenvalue weighted by Gasteiger charge is 2.24. The van der Waals surface area contributed by atoms with E-state index in [-0.39, 0.29) is 30.3 Å². The molecule has 1 atom stereocenters. The number of ether oxygens (including phenoxy) is 1. The fourth-order valence-corrected chi connectivity index (χ4v) is 4.48. The summed E-state index contributed by atoms with van der Waals surface area (Å²) >= 11 is 12.1. The Morgan fingerprint density at radius 1 is 1.12 bits per heavy atom. The van der Waals surface area contributed by atoms with Crippen LogP contribution >= 0.6 is 23.2 Å². The van der Waals surface area contributed by atoms with Gasteiger partial charge in [-0.1, -0.05) is 29.3 Å². The number of hydrogen-bond acceptors (Lipinski definition) is 4.